The number of phenols is 1. The summed E-state index contributed by atoms with van der Waals surface area (Å²) < 4.78 is 5.86. The molecule has 2 aromatic carbocycles. The van der Waals surface area contributed by atoms with Crippen molar-refractivity contribution in [2.45, 2.75) is 19.8 Å². The van der Waals surface area contributed by atoms with Crippen molar-refractivity contribution in [1.29, 1.82) is 0 Å². The van der Waals surface area contributed by atoms with Gasteiger partial charge in [0.2, 0.25) is 0 Å². The Bertz CT molecular complexity index is 1030. The molecule has 2 aromatic rings. The topological polar surface area (TPSA) is 99.4 Å². The van der Waals surface area contributed by atoms with Gasteiger partial charge in [0, 0.05) is 10.0 Å². The molecule has 2 N–H and O–H groups in total. The third-order valence-electron chi connectivity index (χ3n) is 4.39. The zero-order valence-corrected chi connectivity index (χ0v) is 17.4. The smallest absolute Gasteiger partial charge is 0.335 e. The highest BCUT2D eigenvalue weighted by Crippen LogP contribution is 2.36. The van der Waals surface area contributed by atoms with Crippen molar-refractivity contribution in [2.24, 2.45) is 5.10 Å². The quantitative estimate of drug-likeness (QED) is 0.622. The van der Waals surface area contributed by atoms with Crippen LogP contribution in [0.3, 0.4) is 0 Å². The van der Waals surface area contributed by atoms with Crippen molar-refractivity contribution in [3.63, 3.8) is 0 Å². The van der Waals surface area contributed by atoms with Crippen LogP contribution in [0.15, 0.2) is 51.5 Å². The first-order chi connectivity index (χ1) is 13.8. The minimum absolute atomic E-state index is 0.0730. The molecule has 150 valence electrons. The van der Waals surface area contributed by atoms with E-state index in [1.165, 1.54) is 36.4 Å². The first-order valence-electron chi connectivity index (χ1n) is 8.89. The molecule has 8 heteroatoms. The molecule has 3 rings (SSSR count). The predicted octanol–water partition coefficient (Wildman–Crippen LogP) is 4.45. The number of aromatic hydroxyl groups is 1. The van der Waals surface area contributed by atoms with Crippen molar-refractivity contribution in [2.75, 3.05) is 12.1 Å². The van der Waals surface area contributed by atoms with Gasteiger partial charge in [0.05, 0.1) is 29.6 Å². The Morgan fingerprint density at radius 3 is 2.55 bits per heavy atom. The Labute approximate surface area is 176 Å². The molecule has 1 aliphatic rings. The summed E-state index contributed by atoms with van der Waals surface area (Å²) in [6.45, 7) is 1.98. The van der Waals surface area contributed by atoms with Gasteiger partial charge in [0.15, 0.2) is 11.5 Å². The summed E-state index contributed by atoms with van der Waals surface area (Å²) in [5.74, 6) is -1.18. The number of benzene rings is 2. The van der Waals surface area contributed by atoms with Crippen LogP contribution in [0.1, 0.15) is 35.7 Å². The summed E-state index contributed by atoms with van der Waals surface area (Å²) in [4.78, 5) is 24.1. The fourth-order valence-electron chi connectivity index (χ4n) is 2.96. The zero-order valence-electron chi connectivity index (χ0n) is 15.8. The lowest BCUT2D eigenvalue weighted by Crippen LogP contribution is -2.21. The molecule has 0 fully saturated rings. The first kappa shape index (κ1) is 20.6. The van der Waals surface area contributed by atoms with Gasteiger partial charge in [-0.3, -0.25) is 4.79 Å². The van der Waals surface area contributed by atoms with Gasteiger partial charge < -0.3 is 14.9 Å². The molecule has 1 heterocycles. The van der Waals surface area contributed by atoms with Crippen molar-refractivity contribution >= 4 is 45.3 Å². The minimum Gasteiger partial charge on any atom is -0.504 e. The maximum atomic E-state index is 13.1. The van der Waals surface area contributed by atoms with E-state index in [1.54, 1.807) is 18.2 Å². The second-order valence-corrected chi connectivity index (χ2v) is 7.29. The van der Waals surface area contributed by atoms with Gasteiger partial charge in [-0.05, 0) is 48.9 Å². The number of ether oxygens (including phenoxy) is 1. The molecule has 0 atom stereocenters. The first-order valence-corrected chi connectivity index (χ1v) is 9.68. The van der Waals surface area contributed by atoms with Gasteiger partial charge in [-0.1, -0.05) is 29.3 Å². The van der Waals surface area contributed by atoms with E-state index in [1.807, 2.05) is 6.92 Å². The summed E-state index contributed by atoms with van der Waals surface area (Å²) in [6.07, 6.45) is 2.95. The van der Waals surface area contributed by atoms with Crippen molar-refractivity contribution in [3.8, 4) is 11.5 Å². The van der Waals surface area contributed by atoms with E-state index in [-0.39, 0.29) is 23.0 Å². The molecule has 1 amide bonds. The molecule has 0 radical (unpaired) electrons. The summed E-state index contributed by atoms with van der Waals surface area (Å²) in [5, 5.41) is 25.2. The summed E-state index contributed by atoms with van der Waals surface area (Å²) in [5.41, 5.74) is 1.97. The van der Waals surface area contributed by atoms with Crippen LogP contribution in [0.4, 0.5) is 5.69 Å². The molecule has 29 heavy (non-hydrogen) atoms. The third-order valence-corrected chi connectivity index (χ3v) is 4.85. The normalized spacial score (nSPS) is 15.0. The lowest BCUT2D eigenvalue weighted by atomic mass is 10.0. The maximum Gasteiger partial charge on any atom is 0.335 e. The Kier molecular flexibility index (Phi) is 6.03. The number of carbonyl (C=O) groups is 2. The van der Waals surface area contributed by atoms with Gasteiger partial charge in [-0.25, -0.2) is 4.79 Å². The average Bonchev–Trinajstić information content (AvgIpc) is 3.00. The van der Waals surface area contributed by atoms with Gasteiger partial charge in [-0.2, -0.15) is 10.1 Å². The Morgan fingerprint density at radius 1 is 1.28 bits per heavy atom. The molecule has 0 aliphatic carbocycles. The number of halogens is 1. The highest BCUT2D eigenvalue weighted by Gasteiger charge is 2.31. The highest BCUT2D eigenvalue weighted by atomic mass is 79.9. The van der Waals surface area contributed by atoms with Gasteiger partial charge in [-0.15, -0.1) is 0 Å². The van der Waals surface area contributed by atoms with Crippen LogP contribution in [-0.4, -0.2) is 34.9 Å². The van der Waals surface area contributed by atoms with Crippen LogP contribution >= 0.6 is 15.9 Å². The van der Waals surface area contributed by atoms with Crippen LogP contribution in [0.5, 0.6) is 11.5 Å². The Morgan fingerprint density at radius 2 is 1.97 bits per heavy atom. The van der Waals surface area contributed by atoms with Crippen LogP contribution in [-0.2, 0) is 4.79 Å². The number of hydrogen-bond donors (Lipinski definition) is 2. The lowest BCUT2D eigenvalue weighted by molar-refractivity contribution is -0.114. The van der Waals surface area contributed by atoms with Crippen LogP contribution in [0, 0.1) is 0 Å². The fourth-order valence-corrected chi connectivity index (χ4v) is 3.41. The number of carboxylic acids is 1. The van der Waals surface area contributed by atoms with E-state index in [9.17, 15) is 14.7 Å². The van der Waals surface area contributed by atoms with Crippen molar-refractivity contribution in [1.82, 2.24) is 0 Å². The second kappa shape index (κ2) is 8.48. The monoisotopic (exact) mass is 458 g/mol. The number of carboxylic acid groups (broad SMARTS) is 1. The molecule has 0 saturated carbocycles. The van der Waals surface area contributed by atoms with E-state index in [0.29, 0.717) is 33.4 Å². The number of aromatic carboxylic acids is 1. The van der Waals surface area contributed by atoms with Gasteiger partial charge >= 0.3 is 5.97 Å². The number of anilines is 1. The van der Waals surface area contributed by atoms with E-state index >= 15 is 0 Å². The second-order valence-electron chi connectivity index (χ2n) is 6.37. The Hall–Kier alpha value is -3.13. The standard InChI is InChI=1S/C21H19BrN2O5/c1-3-4-17-16(10-13-9-14(22)11-18(29-2)19(13)25)20(26)24(23-17)15-7-5-12(6-8-15)21(27)28/h5-11,25H,3-4H2,1-2H3,(H,27,28). The van der Waals surface area contributed by atoms with E-state index in [2.05, 4.69) is 21.0 Å². The van der Waals surface area contributed by atoms with Crippen LogP contribution in [0.25, 0.3) is 6.08 Å². The summed E-state index contributed by atoms with van der Waals surface area (Å²) >= 11 is 3.37. The Balaban J connectivity index is 2.03. The molecular formula is C21H19BrN2O5. The largest absolute Gasteiger partial charge is 0.504 e. The molecule has 0 aromatic heterocycles. The predicted molar refractivity (Wildman–Crippen MR) is 114 cm³/mol. The van der Waals surface area contributed by atoms with Crippen molar-refractivity contribution in [3.05, 3.63) is 57.6 Å². The molecule has 0 saturated heterocycles. The molecule has 0 unspecified atom stereocenters. The van der Waals surface area contributed by atoms with E-state index in [0.717, 1.165) is 6.42 Å². The molecule has 0 spiro atoms. The molecular weight excluding hydrogens is 440 g/mol. The number of phenolic OH excluding ortho intramolecular Hbond substituents is 1. The molecule has 1 aliphatic heterocycles. The number of amides is 1. The number of carbonyl (C=O) groups excluding carboxylic acids is 1. The van der Waals surface area contributed by atoms with Crippen LogP contribution in [0.2, 0.25) is 0 Å². The van der Waals surface area contributed by atoms with Crippen molar-refractivity contribution < 1.29 is 24.5 Å². The lowest BCUT2D eigenvalue weighted by Gasteiger charge is -2.12. The number of nitrogens with zero attached hydrogens (tertiary/aromatic N) is 2. The number of methoxy groups -OCH3 is 1. The zero-order chi connectivity index (χ0) is 21.1. The third kappa shape index (κ3) is 4.17. The summed E-state index contributed by atoms with van der Waals surface area (Å²) in [7, 11) is 1.45. The van der Waals surface area contributed by atoms with Crippen LogP contribution < -0.4 is 9.75 Å². The number of hydrogen-bond acceptors (Lipinski definition) is 5. The van der Waals surface area contributed by atoms with Gasteiger partial charge in [0.25, 0.3) is 5.91 Å². The molecule has 7 nitrogen and oxygen atoms in total. The summed E-state index contributed by atoms with van der Waals surface area (Å²) in [6, 6.07) is 9.24. The maximum absolute atomic E-state index is 13.1. The number of rotatable bonds is 6. The average molecular weight is 459 g/mol. The SMILES string of the molecule is CCCC1=NN(c2ccc(C(=O)O)cc2)C(=O)C1=Cc1cc(Br)cc(OC)c1O. The molecule has 0 bridgehead atoms. The van der Waals surface area contributed by atoms with E-state index < -0.39 is 5.97 Å². The fraction of sp³-hybridized carbons (Fsp3) is 0.190. The highest BCUT2D eigenvalue weighted by molar-refractivity contribution is 9.10. The number of hydrazone groups is 1. The minimum atomic E-state index is -1.04. The van der Waals surface area contributed by atoms with E-state index in [4.69, 9.17) is 9.84 Å². The van der Waals surface area contributed by atoms with Gasteiger partial charge in [0.1, 0.15) is 0 Å².